The highest BCUT2D eigenvalue weighted by Crippen LogP contribution is 2.24. The fraction of sp³-hybridized carbons (Fsp3) is 0.0800. The number of anilines is 1. The number of rotatable bonds is 7. The minimum absolute atomic E-state index is 0.113. The first-order chi connectivity index (χ1) is 15.5. The van der Waals surface area contributed by atoms with Crippen LogP contribution < -0.4 is 5.32 Å². The molecule has 4 rings (SSSR count). The molecule has 0 atom stereocenters. The lowest BCUT2D eigenvalue weighted by atomic mass is 10.1. The number of furan rings is 1. The van der Waals surface area contributed by atoms with Gasteiger partial charge in [-0.2, -0.15) is 0 Å². The molecule has 0 aliphatic carbocycles. The second-order valence-electron chi connectivity index (χ2n) is 7.23. The molecule has 6 nitrogen and oxygen atoms in total. The topological polar surface area (TPSA) is 88.2 Å². The van der Waals surface area contributed by atoms with Crippen LogP contribution in [0.3, 0.4) is 0 Å². The minimum Gasteiger partial charge on any atom is -0.477 e. The summed E-state index contributed by atoms with van der Waals surface area (Å²) in [4.78, 5) is 21.0. The first-order valence-electron chi connectivity index (χ1n) is 9.91. The van der Waals surface area contributed by atoms with Crippen molar-refractivity contribution in [3.8, 4) is 11.3 Å². The SMILES string of the molecule is Cc1cccc(-c2cnc(N/C(=C\c3ccco3)C(=O)O)c(Cc3ccc(F)cc3)n2)c1. The van der Waals surface area contributed by atoms with E-state index in [0.29, 0.717) is 29.4 Å². The van der Waals surface area contributed by atoms with Crippen molar-refractivity contribution in [3.05, 3.63) is 107 Å². The van der Waals surface area contributed by atoms with Gasteiger partial charge in [0.2, 0.25) is 0 Å². The third kappa shape index (κ3) is 5.07. The van der Waals surface area contributed by atoms with Crippen LogP contribution >= 0.6 is 0 Å². The van der Waals surface area contributed by atoms with E-state index in [0.717, 1.165) is 16.7 Å². The van der Waals surface area contributed by atoms with E-state index in [1.165, 1.54) is 24.5 Å². The Balaban J connectivity index is 1.74. The Morgan fingerprint density at radius 3 is 2.66 bits per heavy atom. The summed E-state index contributed by atoms with van der Waals surface area (Å²) in [7, 11) is 0. The number of halogens is 1. The quantitative estimate of drug-likeness (QED) is 0.387. The molecule has 0 aliphatic rings. The van der Waals surface area contributed by atoms with Gasteiger partial charge in [0, 0.05) is 18.1 Å². The molecule has 2 aromatic carbocycles. The van der Waals surface area contributed by atoms with Crippen molar-refractivity contribution in [1.82, 2.24) is 9.97 Å². The number of carboxylic acid groups (broad SMARTS) is 1. The zero-order chi connectivity index (χ0) is 22.5. The molecule has 0 saturated heterocycles. The summed E-state index contributed by atoms with van der Waals surface area (Å²) in [5.74, 6) is -0.815. The second kappa shape index (κ2) is 9.26. The molecule has 2 heterocycles. The number of aryl methyl sites for hydroxylation is 1. The standard InChI is InChI=1S/C25H20FN3O3/c1-16-4-2-5-18(12-16)23-15-27-24(21(28-23)13-17-7-9-19(26)10-8-17)29-22(25(30)31)14-20-6-3-11-32-20/h2-12,14-15H,13H2,1H3,(H,27,29)(H,30,31)/b22-14-. The molecule has 0 unspecified atom stereocenters. The van der Waals surface area contributed by atoms with Gasteiger partial charge >= 0.3 is 5.97 Å². The summed E-state index contributed by atoms with van der Waals surface area (Å²) < 4.78 is 18.6. The van der Waals surface area contributed by atoms with E-state index in [2.05, 4.69) is 10.3 Å². The number of hydrogen-bond acceptors (Lipinski definition) is 5. The highest BCUT2D eigenvalue weighted by Gasteiger charge is 2.15. The predicted octanol–water partition coefficient (Wildman–Crippen LogP) is 5.31. The largest absolute Gasteiger partial charge is 0.477 e. The summed E-state index contributed by atoms with van der Waals surface area (Å²) in [6, 6.07) is 17.3. The van der Waals surface area contributed by atoms with Crippen molar-refractivity contribution in [2.24, 2.45) is 0 Å². The van der Waals surface area contributed by atoms with Crippen LogP contribution in [0, 0.1) is 12.7 Å². The van der Waals surface area contributed by atoms with E-state index in [4.69, 9.17) is 9.40 Å². The molecular formula is C25H20FN3O3. The molecule has 160 valence electrons. The van der Waals surface area contributed by atoms with Crippen molar-refractivity contribution in [2.45, 2.75) is 13.3 Å². The number of nitrogens with zero attached hydrogens (tertiary/aromatic N) is 2. The smallest absolute Gasteiger partial charge is 0.352 e. The number of carbonyl (C=O) groups is 1. The van der Waals surface area contributed by atoms with E-state index in [-0.39, 0.29) is 11.5 Å². The van der Waals surface area contributed by atoms with Gasteiger partial charge in [0.05, 0.1) is 23.8 Å². The normalized spacial score (nSPS) is 11.4. The van der Waals surface area contributed by atoms with E-state index in [9.17, 15) is 14.3 Å². The van der Waals surface area contributed by atoms with Gasteiger partial charge in [0.1, 0.15) is 17.3 Å². The Kier molecular flexibility index (Phi) is 6.07. The maximum absolute atomic E-state index is 13.3. The molecule has 0 amide bonds. The lowest BCUT2D eigenvalue weighted by Gasteiger charge is -2.13. The number of carboxylic acids is 1. The molecule has 7 heteroatoms. The van der Waals surface area contributed by atoms with E-state index in [1.54, 1.807) is 30.5 Å². The van der Waals surface area contributed by atoms with Gasteiger partial charge < -0.3 is 14.8 Å². The zero-order valence-corrected chi connectivity index (χ0v) is 17.2. The fourth-order valence-corrected chi connectivity index (χ4v) is 3.19. The molecular weight excluding hydrogens is 409 g/mol. The summed E-state index contributed by atoms with van der Waals surface area (Å²) in [6.45, 7) is 1.99. The van der Waals surface area contributed by atoms with E-state index in [1.807, 2.05) is 31.2 Å². The highest BCUT2D eigenvalue weighted by molar-refractivity contribution is 5.95. The van der Waals surface area contributed by atoms with Crippen LogP contribution in [0.2, 0.25) is 0 Å². The van der Waals surface area contributed by atoms with Crippen molar-refractivity contribution >= 4 is 17.9 Å². The maximum atomic E-state index is 13.3. The van der Waals surface area contributed by atoms with Crippen LogP contribution in [0.5, 0.6) is 0 Å². The third-order valence-corrected chi connectivity index (χ3v) is 4.76. The van der Waals surface area contributed by atoms with Crippen LogP contribution in [0.4, 0.5) is 10.2 Å². The van der Waals surface area contributed by atoms with Gasteiger partial charge in [-0.1, -0.05) is 35.9 Å². The molecule has 0 saturated carbocycles. The maximum Gasteiger partial charge on any atom is 0.352 e. The van der Waals surface area contributed by atoms with Crippen LogP contribution in [0.15, 0.2) is 83.2 Å². The second-order valence-corrected chi connectivity index (χ2v) is 7.23. The molecule has 0 bridgehead atoms. The Labute approximate surface area is 184 Å². The monoisotopic (exact) mass is 429 g/mol. The van der Waals surface area contributed by atoms with Crippen molar-refractivity contribution in [2.75, 3.05) is 5.32 Å². The number of aromatic nitrogens is 2. The Morgan fingerprint density at radius 1 is 1.16 bits per heavy atom. The van der Waals surface area contributed by atoms with Crippen LogP contribution in [-0.4, -0.2) is 21.0 Å². The predicted molar refractivity (Wildman–Crippen MR) is 119 cm³/mol. The average molecular weight is 429 g/mol. The van der Waals surface area contributed by atoms with Crippen molar-refractivity contribution in [1.29, 1.82) is 0 Å². The van der Waals surface area contributed by atoms with Crippen molar-refractivity contribution in [3.63, 3.8) is 0 Å². The molecule has 4 aromatic rings. The Hall–Kier alpha value is -4.26. The molecule has 0 radical (unpaired) electrons. The number of benzene rings is 2. The summed E-state index contributed by atoms with van der Waals surface area (Å²) in [5, 5.41) is 12.5. The van der Waals surface area contributed by atoms with Gasteiger partial charge in [-0.05, 0) is 42.8 Å². The lowest BCUT2D eigenvalue weighted by Crippen LogP contribution is -2.14. The van der Waals surface area contributed by atoms with Crippen LogP contribution in [-0.2, 0) is 11.2 Å². The summed E-state index contributed by atoms with van der Waals surface area (Å²) >= 11 is 0. The van der Waals surface area contributed by atoms with Crippen LogP contribution in [0.25, 0.3) is 17.3 Å². The Bertz CT molecular complexity index is 1270. The van der Waals surface area contributed by atoms with E-state index < -0.39 is 5.97 Å². The number of aliphatic carboxylic acids is 1. The highest BCUT2D eigenvalue weighted by atomic mass is 19.1. The Morgan fingerprint density at radius 2 is 1.97 bits per heavy atom. The molecule has 0 aliphatic heterocycles. The van der Waals surface area contributed by atoms with Gasteiger partial charge in [-0.15, -0.1) is 0 Å². The van der Waals surface area contributed by atoms with Gasteiger partial charge in [-0.3, -0.25) is 0 Å². The first kappa shape index (κ1) is 21.0. The zero-order valence-electron chi connectivity index (χ0n) is 17.2. The number of nitrogens with one attached hydrogen (secondary N) is 1. The first-order valence-corrected chi connectivity index (χ1v) is 9.91. The minimum atomic E-state index is -1.17. The molecule has 2 N–H and O–H groups in total. The van der Waals surface area contributed by atoms with Gasteiger partial charge in [0.25, 0.3) is 0 Å². The lowest BCUT2D eigenvalue weighted by molar-refractivity contribution is -0.132. The molecule has 32 heavy (non-hydrogen) atoms. The van der Waals surface area contributed by atoms with Gasteiger partial charge in [0.15, 0.2) is 5.82 Å². The van der Waals surface area contributed by atoms with Crippen molar-refractivity contribution < 1.29 is 18.7 Å². The summed E-state index contributed by atoms with van der Waals surface area (Å²) in [6.07, 6.45) is 4.77. The van der Waals surface area contributed by atoms with Gasteiger partial charge in [-0.25, -0.2) is 19.2 Å². The molecule has 2 aromatic heterocycles. The molecule has 0 spiro atoms. The number of hydrogen-bond donors (Lipinski definition) is 2. The third-order valence-electron chi connectivity index (χ3n) is 4.76. The van der Waals surface area contributed by atoms with Crippen LogP contribution in [0.1, 0.15) is 22.6 Å². The summed E-state index contributed by atoms with van der Waals surface area (Å²) in [5.41, 5.74) is 3.87. The molecule has 0 fully saturated rings. The average Bonchev–Trinajstić information content (AvgIpc) is 3.29. The van der Waals surface area contributed by atoms with E-state index >= 15 is 0 Å². The fourth-order valence-electron chi connectivity index (χ4n) is 3.19.